The lowest BCUT2D eigenvalue weighted by Gasteiger charge is -2.61. The second-order valence-electron chi connectivity index (χ2n) is 4.43. The van der Waals surface area contributed by atoms with Crippen LogP contribution in [0, 0.1) is 11.3 Å². The SMILES string of the molecule is FC1C(C(F)(F)F)C(C(F)(F)F)(C(F)(F)F)C1(F)C(F)(F)F. The Labute approximate surface area is 111 Å². The summed E-state index contributed by atoms with van der Waals surface area (Å²) in [6.07, 6.45) is -33.8. The van der Waals surface area contributed by atoms with Crippen molar-refractivity contribution >= 4 is 0 Å². The maximum Gasteiger partial charge on any atom is 0.426 e. The van der Waals surface area contributed by atoms with Crippen molar-refractivity contribution in [2.75, 3.05) is 0 Å². The fourth-order valence-corrected chi connectivity index (χ4v) is 2.51. The molecule has 0 aliphatic heterocycles. The molecule has 1 aliphatic rings. The van der Waals surface area contributed by atoms with Crippen LogP contribution in [0.15, 0.2) is 0 Å². The third-order valence-corrected chi connectivity index (χ3v) is 3.37. The summed E-state index contributed by atoms with van der Waals surface area (Å²) in [6, 6.07) is 0. The first-order chi connectivity index (χ1) is 9.28. The third-order valence-electron chi connectivity index (χ3n) is 3.37. The Hall–Kier alpha value is -0.980. The van der Waals surface area contributed by atoms with Crippen molar-refractivity contribution < 1.29 is 61.5 Å². The topological polar surface area (TPSA) is 0 Å². The molecule has 22 heavy (non-hydrogen) atoms. The van der Waals surface area contributed by atoms with E-state index in [4.69, 9.17) is 0 Å². The lowest BCUT2D eigenvalue weighted by Crippen LogP contribution is -2.87. The molecule has 1 fully saturated rings. The van der Waals surface area contributed by atoms with Crippen LogP contribution in [0.3, 0.4) is 0 Å². The van der Waals surface area contributed by atoms with Gasteiger partial charge in [-0.2, -0.15) is 52.7 Å². The van der Waals surface area contributed by atoms with E-state index in [9.17, 15) is 61.5 Å². The molecule has 3 unspecified atom stereocenters. The highest BCUT2D eigenvalue weighted by Crippen LogP contribution is 2.78. The molecule has 0 aromatic heterocycles. The zero-order valence-electron chi connectivity index (χ0n) is 9.45. The van der Waals surface area contributed by atoms with Crippen LogP contribution in [0.25, 0.3) is 0 Å². The van der Waals surface area contributed by atoms with Gasteiger partial charge < -0.3 is 0 Å². The van der Waals surface area contributed by atoms with Crippen LogP contribution < -0.4 is 0 Å². The van der Waals surface area contributed by atoms with E-state index in [-0.39, 0.29) is 0 Å². The van der Waals surface area contributed by atoms with E-state index in [1.807, 2.05) is 0 Å². The maximum atomic E-state index is 13.5. The van der Waals surface area contributed by atoms with E-state index in [0.717, 1.165) is 0 Å². The summed E-state index contributed by atoms with van der Waals surface area (Å²) in [5.74, 6) is -5.27. The van der Waals surface area contributed by atoms with Gasteiger partial charge in [0.25, 0.3) is 5.67 Å². The molecule has 0 radical (unpaired) electrons. The zero-order chi connectivity index (χ0) is 18.2. The summed E-state index contributed by atoms with van der Waals surface area (Å²) in [6.45, 7) is 0. The van der Waals surface area contributed by atoms with Gasteiger partial charge in [-0.1, -0.05) is 0 Å². The number of rotatable bonds is 0. The van der Waals surface area contributed by atoms with Gasteiger partial charge in [0, 0.05) is 0 Å². The molecule has 0 amide bonds. The van der Waals surface area contributed by atoms with Crippen molar-refractivity contribution in [2.24, 2.45) is 11.3 Å². The number of alkyl halides is 14. The van der Waals surface area contributed by atoms with Crippen molar-refractivity contribution in [3.63, 3.8) is 0 Å². The molecule has 0 nitrogen and oxygen atoms in total. The normalized spacial score (nSPS) is 33.5. The second-order valence-corrected chi connectivity index (χ2v) is 4.43. The Kier molecular flexibility index (Phi) is 3.73. The van der Waals surface area contributed by atoms with Crippen LogP contribution in [0.5, 0.6) is 0 Å². The Morgan fingerprint density at radius 3 is 1.09 bits per heavy atom. The predicted octanol–water partition coefficient (Wildman–Crippen LogP) is 4.90. The average molecular weight is 364 g/mol. The van der Waals surface area contributed by atoms with E-state index in [2.05, 4.69) is 0 Å². The van der Waals surface area contributed by atoms with E-state index >= 15 is 0 Å². The molecule has 0 aromatic carbocycles. The van der Waals surface area contributed by atoms with Crippen molar-refractivity contribution in [3.8, 4) is 0 Å². The predicted molar refractivity (Wildman–Crippen MR) is 38.9 cm³/mol. The Morgan fingerprint density at radius 2 is 0.909 bits per heavy atom. The fraction of sp³-hybridized carbons (Fsp3) is 1.00. The largest absolute Gasteiger partial charge is 0.426 e. The molecule has 0 aromatic rings. The molecule has 1 rings (SSSR count). The summed E-state index contributed by atoms with van der Waals surface area (Å²) in [5, 5.41) is 0. The first-order valence-corrected chi connectivity index (χ1v) is 4.87. The van der Waals surface area contributed by atoms with E-state index < -0.39 is 47.9 Å². The molecule has 0 N–H and O–H groups in total. The van der Waals surface area contributed by atoms with E-state index in [1.54, 1.807) is 0 Å². The number of halogens is 14. The molecular formula is C8H2F14. The van der Waals surface area contributed by atoms with Crippen LogP contribution >= 0.6 is 0 Å². The minimum atomic E-state index is -7.40. The van der Waals surface area contributed by atoms with Crippen LogP contribution in [-0.4, -0.2) is 36.5 Å². The number of hydrogen-bond donors (Lipinski definition) is 0. The van der Waals surface area contributed by atoms with Crippen LogP contribution in [-0.2, 0) is 0 Å². The standard InChI is InChI=1S/C8H2F14/c9-2-1(5(11,12)13)3(6(14,15)16,7(17,18)19)4(2,10)8(20,21)22/h1-2H. The highest BCUT2D eigenvalue weighted by atomic mass is 19.4. The van der Waals surface area contributed by atoms with Gasteiger partial charge in [0.15, 0.2) is 6.17 Å². The minimum absolute atomic E-state index is 5.12. The van der Waals surface area contributed by atoms with E-state index in [0.29, 0.717) is 0 Å². The van der Waals surface area contributed by atoms with Crippen molar-refractivity contribution in [1.82, 2.24) is 0 Å². The summed E-state index contributed by atoms with van der Waals surface area (Å²) in [5.41, 5.74) is -13.8. The summed E-state index contributed by atoms with van der Waals surface area (Å²) in [4.78, 5) is 0. The first-order valence-electron chi connectivity index (χ1n) is 4.87. The highest BCUT2D eigenvalue weighted by Gasteiger charge is 3.02. The monoisotopic (exact) mass is 364 g/mol. The van der Waals surface area contributed by atoms with Gasteiger partial charge >= 0.3 is 24.7 Å². The number of hydrogen-bond acceptors (Lipinski definition) is 0. The second kappa shape index (κ2) is 4.30. The molecule has 1 aliphatic carbocycles. The zero-order valence-corrected chi connectivity index (χ0v) is 9.45. The first kappa shape index (κ1) is 19.1. The van der Waals surface area contributed by atoms with Crippen LogP contribution in [0.4, 0.5) is 61.5 Å². The summed E-state index contributed by atoms with van der Waals surface area (Å²) in [7, 11) is 0. The highest BCUT2D eigenvalue weighted by molar-refractivity contribution is 5.29. The molecular weight excluding hydrogens is 362 g/mol. The third kappa shape index (κ3) is 1.90. The van der Waals surface area contributed by atoms with Gasteiger partial charge in [-0.15, -0.1) is 0 Å². The van der Waals surface area contributed by atoms with Gasteiger partial charge in [-0.25, -0.2) is 8.78 Å². The fourth-order valence-electron chi connectivity index (χ4n) is 2.51. The summed E-state index contributed by atoms with van der Waals surface area (Å²) < 4.78 is 175. The molecule has 0 heterocycles. The van der Waals surface area contributed by atoms with Crippen molar-refractivity contribution in [2.45, 2.75) is 36.5 Å². The maximum absolute atomic E-state index is 13.5. The van der Waals surface area contributed by atoms with Gasteiger partial charge in [0.2, 0.25) is 5.41 Å². The molecule has 3 atom stereocenters. The molecule has 0 bridgehead atoms. The van der Waals surface area contributed by atoms with Crippen molar-refractivity contribution in [3.05, 3.63) is 0 Å². The smallest absolute Gasteiger partial charge is 0.243 e. The molecule has 132 valence electrons. The molecule has 0 saturated heterocycles. The quantitative estimate of drug-likeness (QED) is 0.537. The lowest BCUT2D eigenvalue weighted by molar-refractivity contribution is -0.517. The van der Waals surface area contributed by atoms with Crippen LogP contribution in [0.2, 0.25) is 0 Å². The Balaban J connectivity index is 3.84. The van der Waals surface area contributed by atoms with Gasteiger partial charge in [-0.3, -0.25) is 0 Å². The lowest BCUT2D eigenvalue weighted by atomic mass is 9.47. The van der Waals surface area contributed by atoms with Gasteiger partial charge in [-0.05, 0) is 0 Å². The van der Waals surface area contributed by atoms with Gasteiger partial charge in [0.1, 0.15) is 5.92 Å². The average Bonchev–Trinajstić information content (AvgIpc) is 2.15. The Morgan fingerprint density at radius 1 is 0.591 bits per heavy atom. The van der Waals surface area contributed by atoms with Crippen LogP contribution in [0.1, 0.15) is 0 Å². The summed E-state index contributed by atoms with van der Waals surface area (Å²) >= 11 is 0. The molecule has 0 spiro atoms. The molecule has 14 heteroatoms. The van der Waals surface area contributed by atoms with E-state index in [1.165, 1.54) is 0 Å². The Bertz CT molecular complexity index is 420. The van der Waals surface area contributed by atoms with Gasteiger partial charge in [0.05, 0.1) is 0 Å². The van der Waals surface area contributed by atoms with Crippen molar-refractivity contribution in [1.29, 1.82) is 0 Å². The molecule has 1 saturated carbocycles. The minimum Gasteiger partial charge on any atom is -0.243 e.